The van der Waals surface area contributed by atoms with Crippen LogP contribution in [0.5, 0.6) is 0 Å². The summed E-state index contributed by atoms with van der Waals surface area (Å²) in [4.78, 5) is 17.4. The van der Waals surface area contributed by atoms with Crippen molar-refractivity contribution in [2.24, 2.45) is 0 Å². The molecule has 0 atom stereocenters. The molecule has 0 spiro atoms. The van der Waals surface area contributed by atoms with E-state index >= 15 is 0 Å². The maximum Gasteiger partial charge on any atom is 0.220 e. The fourth-order valence-electron chi connectivity index (χ4n) is 4.77. The molecule has 34 heavy (non-hydrogen) atoms. The molecule has 2 aliphatic heterocycles. The van der Waals surface area contributed by atoms with Crippen molar-refractivity contribution >= 4 is 17.1 Å². The van der Waals surface area contributed by atoms with Crippen molar-refractivity contribution in [1.29, 1.82) is 0 Å². The molecule has 1 N–H and O–H groups in total. The van der Waals surface area contributed by atoms with Gasteiger partial charge >= 0.3 is 0 Å². The normalized spacial score (nSPS) is 18.2. The maximum absolute atomic E-state index is 12.6. The first-order valence-electron chi connectivity index (χ1n) is 12.3. The molecule has 0 aliphatic carbocycles. The summed E-state index contributed by atoms with van der Waals surface area (Å²) in [6.07, 6.45) is 6.12. The highest BCUT2D eigenvalue weighted by Gasteiger charge is 2.21. The monoisotopic (exact) mass is 459 g/mol. The van der Waals surface area contributed by atoms with Gasteiger partial charge in [0.05, 0.1) is 5.69 Å². The number of fused-ring (bicyclic) bond motifs is 1. The zero-order valence-electron chi connectivity index (χ0n) is 19.9. The number of piperidine rings is 1. The van der Waals surface area contributed by atoms with Crippen LogP contribution < -0.4 is 5.32 Å². The summed E-state index contributed by atoms with van der Waals surface area (Å²) in [5, 5.41) is 16.5. The third-order valence-corrected chi connectivity index (χ3v) is 6.85. The van der Waals surface area contributed by atoms with E-state index in [1.165, 1.54) is 11.1 Å². The van der Waals surface area contributed by atoms with Crippen LogP contribution in [0.15, 0.2) is 48.5 Å². The summed E-state index contributed by atoms with van der Waals surface area (Å²) in [7, 11) is 2.13. The average molecular weight is 460 g/mol. The molecule has 4 heterocycles. The Morgan fingerprint density at radius 2 is 1.88 bits per heavy atom. The minimum Gasteiger partial charge on any atom is -0.353 e. The number of aryl methyl sites for hydroxylation is 1. The van der Waals surface area contributed by atoms with Gasteiger partial charge in [0, 0.05) is 51.6 Å². The number of aromatic nitrogens is 4. The average Bonchev–Trinajstić information content (AvgIpc) is 3.27. The van der Waals surface area contributed by atoms with E-state index in [1.54, 1.807) is 4.52 Å². The number of likely N-dealkylation sites (tertiary alicyclic amines) is 1. The molecule has 0 bridgehead atoms. The van der Waals surface area contributed by atoms with Crippen LogP contribution in [0.4, 0.5) is 0 Å². The highest BCUT2D eigenvalue weighted by Crippen LogP contribution is 2.20. The van der Waals surface area contributed by atoms with Crippen molar-refractivity contribution in [3.63, 3.8) is 0 Å². The number of carbonyl (C=O) groups excluding carboxylic acids is 1. The lowest BCUT2D eigenvalue weighted by Gasteiger charge is -2.32. The Hall–Kier alpha value is -3.10. The first-order valence-corrected chi connectivity index (χ1v) is 12.3. The minimum absolute atomic E-state index is 0.0763. The quantitative estimate of drug-likeness (QED) is 0.585. The zero-order valence-corrected chi connectivity index (χ0v) is 19.9. The number of amides is 1. The second kappa shape index (κ2) is 10.4. The molecule has 0 radical (unpaired) electrons. The van der Waals surface area contributed by atoms with Crippen LogP contribution in [0.25, 0.3) is 11.2 Å². The molecule has 1 fully saturated rings. The van der Waals surface area contributed by atoms with E-state index in [4.69, 9.17) is 5.10 Å². The van der Waals surface area contributed by atoms with Crippen LogP contribution >= 0.6 is 0 Å². The van der Waals surface area contributed by atoms with Crippen molar-refractivity contribution in [1.82, 2.24) is 34.9 Å². The Morgan fingerprint density at radius 1 is 1.06 bits per heavy atom. The Balaban J connectivity index is 1.12. The number of likely N-dealkylation sites (N-methyl/N-ethyl adjacent to an activating group) is 1. The molecule has 5 rings (SSSR count). The van der Waals surface area contributed by atoms with E-state index in [0.29, 0.717) is 12.8 Å². The van der Waals surface area contributed by atoms with Crippen LogP contribution in [0, 0.1) is 0 Å². The number of hydrogen-bond acceptors (Lipinski definition) is 6. The van der Waals surface area contributed by atoms with Crippen LogP contribution in [-0.2, 0) is 17.8 Å². The maximum atomic E-state index is 12.6. The molecule has 2 aromatic heterocycles. The minimum atomic E-state index is 0.0763. The lowest BCUT2D eigenvalue weighted by molar-refractivity contribution is -0.122. The Morgan fingerprint density at radius 3 is 2.65 bits per heavy atom. The van der Waals surface area contributed by atoms with Crippen LogP contribution in [-0.4, -0.2) is 74.8 Å². The van der Waals surface area contributed by atoms with Gasteiger partial charge in [0.15, 0.2) is 11.5 Å². The smallest absolute Gasteiger partial charge is 0.220 e. The third kappa shape index (κ3) is 5.51. The Kier molecular flexibility index (Phi) is 6.97. The number of nitrogens with one attached hydrogen (secondary N) is 1. The van der Waals surface area contributed by atoms with E-state index < -0.39 is 0 Å². The molecule has 0 unspecified atom stereocenters. The van der Waals surface area contributed by atoms with Gasteiger partial charge in [0.2, 0.25) is 5.91 Å². The SMILES string of the molecule is CN1CC=C(c2ccc3nnc(CCC(=O)NC4CCN(Cc5ccccc5)CC4)n3n2)CC1. The van der Waals surface area contributed by atoms with Crippen LogP contribution in [0.1, 0.15) is 42.8 Å². The van der Waals surface area contributed by atoms with Crippen molar-refractivity contribution in [3.8, 4) is 0 Å². The van der Waals surface area contributed by atoms with Gasteiger partial charge in [-0.2, -0.15) is 9.61 Å². The van der Waals surface area contributed by atoms with Gasteiger partial charge in [0.25, 0.3) is 0 Å². The van der Waals surface area contributed by atoms with E-state index in [0.717, 1.165) is 69.2 Å². The third-order valence-electron chi connectivity index (χ3n) is 6.85. The fourth-order valence-corrected chi connectivity index (χ4v) is 4.77. The first-order chi connectivity index (χ1) is 16.6. The van der Waals surface area contributed by atoms with Gasteiger partial charge in [-0.05, 0) is 49.6 Å². The second-order valence-electron chi connectivity index (χ2n) is 9.45. The predicted octanol–water partition coefficient (Wildman–Crippen LogP) is 2.56. The predicted molar refractivity (Wildman–Crippen MR) is 132 cm³/mol. The highest BCUT2D eigenvalue weighted by molar-refractivity contribution is 5.76. The van der Waals surface area contributed by atoms with E-state index in [-0.39, 0.29) is 11.9 Å². The number of benzene rings is 1. The van der Waals surface area contributed by atoms with Gasteiger partial charge in [-0.1, -0.05) is 36.4 Å². The number of rotatable bonds is 7. The van der Waals surface area contributed by atoms with Crippen LogP contribution in [0.2, 0.25) is 0 Å². The molecular weight excluding hydrogens is 426 g/mol. The largest absolute Gasteiger partial charge is 0.353 e. The highest BCUT2D eigenvalue weighted by atomic mass is 16.1. The first kappa shape index (κ1) is 22.7. The topological polar surface area (TPSA) is 78.7 Å². The molecular formula is C26H33N7O. The summed E-state index contributed by atoms with van der Waals surface area (Å²) in [6.45, 7) is 4.96. The van der Waals surface area contributed by atoms with Crippen molar-refractivity contribution in [2.45, 2.75) is 44.7 Å². The van der Waals surface area contributed by atoms with Crippen molar-refractivity contribution in [2.75, 3.05) is 33.2 Å². The van der Waals surface area contributed by atoms with Gasteiger partial charge in [-0.3, -0.25) is 9.69 Å². The van der Waals surface area contributed by atoms with E-state index in [2.05, 4.69) is 68.8 Å². The molecule has 1 saturated heterocycles. The van der Waals surface area contributed by atoms with Gasteiger partial charge in [-0.25, -0.2) is 0 Å². The molecule has 8 nitrogen and oxygen atoms in total. The second-order valence-corrected chi connectivity index (χ2v) is 9.45. The van der Waals surface area contributed by atoms with Gasteiger partial charge in [-0.15, -0.1) is 10.2 Å². The van der Waals surface area contributed by atoms with Crippen LogP contribution in [0.3, 0.4) is 0 Å². The number of nitrogens with zero attached hydrogens (tertiary/aromatic N) is 6. The van der Waals surface area contributed by atoms with Gasteiger partial charge < -0.3 is 10.2 Å². The Bertz CT molecular complexity index is 1150. The van der Waals surface area contributed by atoms with E-state index in [9.17, 15) is 4.79 Å². The molecule has 1 amide bonds. The van der Waals surface area contributed by atoms with Gasteiger partial charge in [0.1, 0.15) is 0 Å². The van der Waals surface area contributed by atoms with Crippen molar-refractivity contribution < 1.29 is 4.79 Å². The molecule has 8 heteroatoms. The molecule has 0 saturated carbocycles. The molecule has 1 aromatic carbocycles. The standard InChI is InChI=1S/C26H33N7O/c1-31-15-11-21(12-16-31)23-7-8-24-28-29-25(33(24)30-23)9-10-26(34)27-22-13-17-32(18-14-22)19-20-5-3-2-4-6-20/h2-8,11,22H,9-10,12-19H2,1H3,(H,27,34). The number of hydrogen-bond donors (Lipinski definition) is 1. The molecule has 178 valence electrons. The summed E-state index contributed by atoms with van der Waals surface area (Å²) in [6, 6.07) is 14.8. The number of carbonyl (C=O) groups is 1. The summed E-state index contributed by atoms with van der Waals surface area (Å²) < 4.78 is 1.80. The lowest BCUT2D eigenvalue weighted by atomic mass is 10.0. The Labute approximate surface area is 200 Å². The summed E-state index contributed by atoms with van der Waals surface area (Å²) >= 11 is 0. The molecule has 3 aromatic rings. The summed E-state index contributed by atoms with van der Waals surface area (Å²) in [5.74, 6) is 0.811. The van der Waals surface area contributed by atoms with E-state index in [1.807, 2.05) is 12.1 Å². The molecule has 2 aliphatic rings. The summed E-state index contributed by atoms with van der Waals surface area (Å²) in [5.41, 5.74) is 4.29. The van der Waals surface area contributed by atoms with Crippen molar-refractivity contribution in [3.05, 3.63) is 65.6 Å². The fraction of sp³-hybridized carbons (Fsp3) is 0.462. The zero-order chi connectivity index (χ0) is 23.3. The lowest BCUT2D eigenvalue weighted by Crippen LogP contribution is -2.44.